The zero-order valence-electron chi connectivity index (χ0n) is 12.5. The van der Waals surface area contributed by atoms with E-state index in [-0.39, 0.29) is 0 Å². The van der Waals surface area contributed by atoms with Crippen LogP contribution in [0, 0.1) is 0 Å². The van der Waals surface area contributed by atoms with Gasteiger partial charge >= 0.3 is 0 Å². The monoisotopic (exact) mass is 366 g/mol. The molecule has 0 bridgehead atoms. The first-order chi connectivity index (χ1) is 10.8. The van der Waals surface area contributed by atoms with Gasteiger partial charge < -0.3 is 0 Å². The Kier molecular flexibility index (Phi) is 5.25. The van der Waals surface area contributed by atoms with E-state index in [1.165, 1.54) is 22.0 Å². The first-order valence-electron chi connectivity index (χ1n) is 7.67. The predicted octanol–water partition coefficient (Wildman–Crippen LogP) is 4.03. The molecule has 0 nitrogen and oxygen atoms in total. The third-order valence-electron chi connectivity index (χ3n) is 4.04. The molecule has 0 N–H and O–H groups in total. The van der Waals surface area contributed by atoms with Crippen LogP contribution in [0.3, 0.4) is 0 Å². The summed E-state index contributed by atoms with van der Waals surface area (Å²) in [5, 5.41) is 3.07. The van der Waals surface area contributed by atoms with Crippen LogP contribution in [-0.2, 0) is 6.42 Å². The van der Waals surface area contributed by atoms with Crippen molar-refractivity contribution >= 4 is 35.1 Å². The smallest absolute Gasteiger partial charge is 0.0629 e. The third kappa shape index (κ3) is 3.96. The van der Waals surface area contributed by atoms with Crippen LogP contribution in [-0.4, -0.2) is 8.80 Å². The maximum Gasteiger partial charge on any atom is 0.103 e. The van der Waals surface area contributed by atoms with Crippen molar-refractivity contribution in [1.82, 2.24) is 0 Å². The minimum Gasteiger partial charge on any atom is -0.0629 e. The van der Waals surface area contributed by atoms with E-state index in [1.54, 1.807) is 0 Å². The van der Waals surface area contributed by atoms with Crippen molar-refractivity contribution in [3.8, 4) is 0 Å². The first-order valence-corrected chi connectivity index (χ1v) is 10.4. The van der Waals surface area contributed by atoms with Gasteiger partial charge in [-0.1, -0.05) is 99.1 Å². The van der Waals surface area contributed by atoms with Gasteiger partial charge in [0.05, 0.1) is 0 Å². The molecule has 0 saturated heterocycles. The van der Waals surface area contributed by atoms with E-state index in [2.05, 4.69) is 101 Å². The standard InChI is InChI=1S/C20H19BrSi/c21-18-13-11-17(12-14-18)15-16-22(19-7-3-1-4-8-19)20-9-5-2-6-10-20/h1-14,22H,15-16H2. The van der Waals surface area contributed by atoms with E-state index >= 15 is 0 Å². The lowest BCUT2D eigenvalue weighted by molar-refractivity contribution is 1.12. The van der Waals surface area contributed by atoms with Crippen LogP contribution in [0.5, 0.6) is 0 Å². The Bertz CT molecular complexity index is 653. The van der Waals surface area contributed by atoms with Crippen LogP contribution in [0.2, 0.25) is 6.04 Å². The molecule has 2 heteroatoms. The lowest BCUT2D eigenvalue weighted by atomic mass is 10.2. The van der Waals surface area contributed by atoms with Gasteiger partial charge in [0.15, 0.2) is 0 Å². The van der Waals surface area contributed by atoms with Gasteiger partial charge in [0, 0.05) is 4.47 Å². The summed E-state index contributed by atoms with van der Waals surface area (Å²) < 4.78 is 1.15. The van der Waals surface area contributed by atoms with E-state index in [0.29, 0.717) is 0 Å². The summed E-state index contributed by atoms with van der Waals surface area (Å²) in [6, 6.07) is 32.0. The van der Waals surface area contributed by atoms with E-state index in [4.69, 9.17) is 0 Å². The van der Waals surface area contributed by atoms with Gasteiger partial charge in [0.2, 0.25) is 0 Å². The van der Waals surface area contributed by atoms with Crippen LogP contribution in [0.1, 0.15) is 5.56 Å². The second-order valence-corrected chi connectivity index (χ2v) is 9.47. The van der Waals surface area contributed by atoms with Crippen molar-refractivity contribution in [2.75, 3.05) is 0 Å². The predicted molar refractivity (Wildman–Crippen MR) is 102 cm³/mol. The summed E-state index contributed by atoms with van der Waals surface area (Å²) in [7, 11) is -1.14. The van der Waals surface area contributed by atoms with Crippen molar-refractivity contribution in [3.63, 3.8) is 0 Å². The van der Waals surface area contributed by atoms with Crippen LogP contribution in [0.4, 0.5) is 0 Å². The van der Waals surface area contributed by atoms with Crippen molar-refractivity contribution < 1.29 is 0 Å². The molecule has 0 aliphatic rings. The van der Waals surface area contributed by atoms with Crippen molar-refractivity contribution in [2.45, 2.75) is 12.5 Å². The highest BCUT2D eigenvalue weighted by atomic mass is 79.9. The molecule has 0 atom stereocenters. The summed E-state index contributed by atoms with van der Waals surface area (Å²) in [6.07, 6.45) is 1.15. The summed E-state index contributed by atoms with van der Waals surface area (Å²) in [6.45, 7) is 0. The molecule has 0 aromatic heterocycles. The first kappa shape index (κ1) is 15.3. The average Bonchev–Trinajstić information content (AvgIpc) is 2.59. The van der Waals surface area contributed by atoms with Gasteiger partial charge in [-0.3, -0.25) is 0 Å². The fourth-order valence-electron chi connectivity index (χ4n) is 2.86. The van der Waals surface area contributed by atoms with E-state index in [9.17, 15) is 0 Å². The van der Waals surface area contributed by atoms with Gasteiger partial charge in [-0.25, -0.2) is 0 Å². The second kappa shape index (κ2) is 7.57. The van der Waals surface area contributed by atoms with Gasteiger partial charge in [-0.05, 0) is 30.2 Å². The zero-order valence-corrected chi connectivity index (χ0v) is 15.2. The highest BCUT2D eigenvalue weighted by Crippen LogP contribution is 2.13. The normalized spacial score (nSPS) is 10.8. The molecule has 0 heterocycles. The minimum atomic E-state index is -1.14. The summed E-state index contributed by atoms with van der Waals surface area (Å²) in [5.41, 5.74) is 1.42. The molecule has 22 heavy (non-hydrogen) atoms. The maximum absolute atomic E-state index is 3.51. The lowest BCUT2D eigenvalue weighted by Crippen LogP contribution is -2.42. The van der Waals surface area contributed by atoms with Gasteiger partial charge in [-0.2, -0.15) is 0 Å². The second-order valence-electron chi connectivity index (χ2n) is 5.54. The molecule has 0 aliphatic heterocycles. The molecule has 3 aromatic rings. The molecule has 110 valence electrons. The highest BCUT2D eigenvalue weighted by molar-refractivity contribution is 9.10. The maximum atomic E-state index is 3.51. The summed E-state index contributed by atoms with van der Waals surface area (Å²) >= 11 is 3.51. The third-order valence-corrected chi connectivity index (χ3v) is 7.81. The highest BCUT2D eigenvalue weighted by Gasteiger charge is 2.15. The van der Waals surface area contributed by atoms with Crippen LogP contribution >= 0.6 is 15.9 Å². The van der Waals surface area contributed by atoms with Crippen molar-refractivity contribution in [3.05, 3.63) is 95.0 Å². The molecular weight excluding hydrogens is 348 g/mol. The fraction of sp³-hybridized carbons (Fsp3) is 0.100. The Hall–Kier alpha value is -1.64. The molecule has 3 aromatic carbocycles. The Morgan fingerprint density at radius 1 is 0.636 bits per heavy atom. The Balaban J connectivity index is 1.81. The molecule has 0 amide bonds. The minimum absolute atomic E-state index is 1.14. The quantitative estimate of drug-likeness (QED) is 0.598. The number of halogens is 1. The zero-order chi connectivity index (χ0) is 15.2. The molecule has 0 spiro atoms. The number of rotatable bonds is 5. The number of hydrogen-bond donors (Lipinski definition) is 0. The van der Waals surface area contributed by atoms with Crippen LogP contribution in [0.15, 0.2) is 89.4 Å². The SMILES string of the molecule is Brc1ccc(CC[SiH](c2ccccc2)c2ccccc2)cc1. The van der Waals surface area contributed by atoms with E-state index in [1.807, 2.05) is 0 Å². The van der Waals surface area contributed by atoms with Crippen molar-refractivity contribution in [2.24, 2.45) is 0 Å². The summed E-state index contributed by atoms with van der Waals surface area (Å²) in [4.78, 5) is 0. The van der Waals surface area contributed by atoms with E-state index in [0.717, 1.165) is 10.9 Å². The number of benzene rings is 3. The largest absolute Gasteiger partial charge is 0.103 e. The van der Waals surface area contributed by atoms with Gasteiger partial charge in [0.1, 0.15) is 8.80 Å². The van der Waals surface area contributed by atoms with Crippen LogP contribution < -0.4 is 10.4 Å². The van der Waals surface area contributed by atoms with Crippen LogP contribution in [0.25, 0.3) is 0 Å². The average molecular weight is 367 g/mol. The fourth-order valence-corrected chi connectivity index (χ4v) is 6.17. The lowest BCUT2D eigenvalue weighted by Gasteiger charge is -2.16. The molecule has 0 fully saturated rings. The summed E-state index contributed by atoms with van der Waals surface area (Å²) in [5.74, 6) is 0. The molecule has 3 rings (SSSR count). The molecule has 0 radical (unpaired) electrons. The Morgan fingerprint density at radius 2 is 1.14 bits per heavy atom. The van der Waals surface area contributed by atoms with Gasteiger partial charge in [-0.15, -0.1) is 0 Å². The topological polar surface area (TPSA) is 0 Å². The van der Waals surface area contributed by atoms with Gasteiger partial charge in [0.25, 0.3) is 0 Å². The Labute approximate surface area is 142 Å². The Morgan fingerprint density at radius 3 is 1.64 bits per heavy atom. The van der Waals surface area contributed by atoms with E-state index < -0.39 is 8.80 Å². The molecule has 0 aliphatic carbocycles. The number of hydrogen-bond acceptors (Lipinski definition) is 0. The molecule has 0 unspecified atom stereocenters. The molecule has 0 saturated carbocycles. The molecular formula is C20H19BrSi. The van der Waals surface area contributed by atoms with Crippen molar-refractivity contribution in [1.29, 1.82) is 0 Å². The number of aryl methyl sites for hydroxylation is 1.